The summed E-state index contributed by atoms with van der Waals surface area (Å²) in [5.41, 5.74) is 3.03. The predicted octanol–water partition coefficient (Wildman–Crippen LogP) is 5.23. The van der Waals surface area contributed by atoms with Gasteiger partial charge in [0.05, 0.1) is 28.4 Å². The molecule has 3 aromatic rings. The number of amides is 1. The average Bonchev–Trinajstić information content (AvgIpc) is 3.32. The highest BCUT2D eigenvalue weighted by molar-refractivity contribution is 6.12. The number of benzene rings is 1. The molecule has 1 amide bonds. The molecule has 0 saturated heterocycles. The zero-order valence-corrected chi connectivity index (χ0v) is 16.5. The molecule has 0 atom stereocenters. The van der Waals surface area contributed by atoms with E-state index in [4.69, 9.17) is 9.26 Å². The third kappa shape index (κ3) is 3.59. The average molecular weight is 379 g/mol. The number of pyridine rings is 1. The van der Waals surface area contributed by atoms with Crippen molar-refractivity contribution >= 4 is 22.7 Å². The standard InChI is InChI=1S/C22H25N3O3/c1-13(2)18-12-16(20-14(3)25-28-22(20)24-18)21(26)23-17-10-6-7-11-19(17)27-15-8-4-5-9-15/h6-7,10-13,15H,4-5,8-9H2,1-3H3,(H,23,26). The Kier molecular flexibility index (Phi) is 5.03. The van der Waals surface area contributed by atoms with Gasteiger partial charge >= 0.3 is 0 Å². The van der Waals surface area contributed by atoms with Crippen molar-refractivity contribution in [1.29, 1.82) is 0 Å². The lowest BCUT2D eigenvalue weighted by Crippen LogP contribution is -2.17. The van der Waals surface area contributed by atoms with Crippen molar-refractivity contribution in [3.8, 4) is 5.75 Å². The second-order valence-electron chi connectivity index (χ2n) is 7.67. The quantitative estimate of drug-likeness (QED) is 0.657. The van der Waals surface area contributed by atoms with Gasteiger partial charge in [-0.2, -0.15) is 0 Å². The number of hydrogen-bond donors (Lipinski definition) is 1. The molecule has 0 unspecified atom stereocenters. The number of carbonyl (C=O) groups excluding carboxylic acids is 1. The van der Waals surface area contributed by atoms with Gasteiger partial charge in [-0.15, -0.1) is 0 Å². The minimum atomic E-state index is -0.219. The third-order valence-electron chi connectivity index (χ3n) is 5.20. The molecule has 2 heterocycles. The van der Waals surface area contributed by atoms with E-state index in [1.165, 1.54) is 12.8 Å². The summed E-state index contributed by atoms with van der Waals surface area (Å²) in [4.78, 5) is 17.7. The van der Waals surface area contributed by atoms with Crippen LogP contribution in [0, 0.1) is 6.92 Å². The van der Waals surface area contributed by atoms with E-state index in [0.717, 1.165) is 18.5 Å². The Morgan fingerprint density at radius 3 is 2.75 bits per heavy atom. The molecule has 0 radical (unpaired) electrons. The summed E-state index contributed by atoms with van der Waals surface area (Å²) in [5.74, 6) is 0.654. The van der Waals surface area contributed by atoms with E-state index >= 15 is 0 Å². The minimum Gasteiger partial charge on any atom is -0.488 e. The maximum absolute atomic E-state index is 13.2. The first-order valence-corrected chi connectivity index (χ1v) is 9.87. The monoisotopic (exact) mass is 379 g/mol. The first-order chi connectivity index (χ1) is 13.5. The molecule has 0 aliphatic heterocycles. The van der Waals surface area contributed by atoms with Crippen molar-refractivity contribution in [2.45, 2.75) is 58.5 Å². The summed E-state index contributed by atoms with van der Waals surface area (Å²) >= 11 is 0. The van der Waals surface area contributed by atoms with Gasteiger partial charge in [-0.3, -0.25) is 4.79 Å². The van der Waals surface area contributed by atoms with Gasteiger partial charge in [0.1, 0.15) is 5.75 Å². The Hall–Kier alpha value is -2.89. The molecule has 6 nitrogen and oxygen atoms in total. The van der Waals surface area contributed by atoms with E-state index in [0.29, 0.717) is 33.8 Å². The maximum atomic E-state index is 13.2. The van der Waals surface area contributed by atoms with Crippen LogP contribution in [0.1, 0.15) is 67.2 Å². The number of ether oxygens (including phenoxy) is 1. The molecule has 1 aliphatic carbocycles. The van der Waals surface area contributed by atoms with E-state index in [2.05, 4.69) is 15.5 Å². The van der Waals surface area contributed by atoms with Gasteiger partial charge in [0.2, 0.25) is 0 Å². The van der Waals surface area contributed by atoms with Crippen molar-refractivity contribution in [3.63, 3.8) is 0 Å². The van der Waals surface area contributed by atoms with Crippen molar-refractivity contribution in [3.05, 3.63) is 47.3 Å². The fourth-order valence-electron chi connectivity index (χ4n) is 3.64. The summed E-state index contributed by atoms with van der Waals surface area (Å²) in [6, 6.07) is 9.41. The number of nitrogens with zero attached hydrogens (tertiary/aromatic N) is 2. The lowest BCUT2D eigenvalue weighted by molar-refractivity contribution is 0.102. The van der Waals surface area contributed by atoms with Gasteiger partial charge in [0.25, 0.3) is 11.6 Å². The number of nitrogens with one attached hydrogen (secondary N) is 1. The lowest BCUT2D eigenvalue weighted by Gasteiger charge is -2.17. The molecular weight excluding hydrogens is 354 g/mol. The van der Waals surface area contributed by atoms with Crippen LogP contribution in [-0.2, 0) is 0 Å². The van der Waals surface area contributed by atoms with Crippen LogP contribution in [0.4, 0.5) is 5.69 Å². The molecule has 146 valence electrons. The Bertz CT molecular complexity index is 1000. The molecule has 6 heteroatoms. The van der Waals surface area contributed by atoms with E-state index < -0.39 is 0 Å². The number of rotatable bonds is 5. The van der Waals surface area contributed by atoms with Crippen molar-refractivity contribution in [1.82, 2.24) is 10.1 Å². The van der Waals surface area contributed by atoms with Crippen LogP contribution >= 0.6 is 0 Å². The molecule has 2 aromatic heterocycles. The Morgan fingerprint density at radius 1 is 1.25 bits per heavy atom. The van der Waals surface area contributed by atoms with Crippen LogP contribution in [0.3, 0.4) is 0 Å². The minimum absolute atomic E-state index is 0.166. The molecular formula is C22H25N3O3. The molecule has 1 fully saturated rings. The fraction of sp³-hybridized carbons (Fsp3) is 0.409. The van der Waals surface area contributed by atoms with E-state index in [1.807, 2.05) is 51.1 Å². The number of hydrogen-bond acceptors (Lipinski definition) is 5. The van der Waals surface area contributed by atoms with Crippen LogP contribution in [-0.4, -0.2) is 22.2 Å². The molecule has 1 N–H and O–H groups in total. The Balaban J connectivity index is 1.67. The normalized spacial score (nSPS) is 14.7. The number of anilines is 1. The molecule has 1 saturated carbocycles. The molecule has 0 bridgehead atoms. The van der Waals surface area contributed by atoms with Crippen LogP contribution < -0.4 is 10.1 Å². The van der Waals surface area contributed by atoms with E-state index in [1.54, 1.807) is 0 Å². The van der Waals surface area contributed by atoms with Crippen molar-refractivity contribution in [2.24, 2.45) is 0 Å². The topological polar surface area (TPSA) is 77.2 Å². The number of aromatic nitrogens is 2. The van der Waals surface area contributed by atoms with Gasteiger partial charge in [-0.05, 0) is 56.7 Å². The highest BCUT2D eigenvalue weighted by atomic mass is 16.5. The zero-order chi connectivity index (χ0) is 19.7. The van der Waals surface area contributed by atoms with Gasteiger partial charge in [0.15, 0.2) is 0 Å². The fourth-order valence-corrected chi connectivity index (χ4v) is 3.64. The smallest absolute Gasteiger partial charge is 0.259 e. The summed E-state index contributed by atoms with van der Waals surface area (Å²) in [6.45, 7) is 5.88. The molecule has 1 aliphatic rings. The van der Waals surface area contributed by atoms with Gasteiger partial charge < -0.3 is 14.6 Å². The highest BCUT2D eigenvalue weighted by Gasteiger charge is 2.22. The summed E-state index contributed by atoms with van der Waals surface area (Å²) in [7, 11) is 0. The first kappa shape index (κ1) is 18.5. The third-order valence-corrected chi connectivity index (χ3v) is 5.20. The molecule has 28 heavy (non-hydrogen) atoms. The van der Waals surface area contributed by atoms with Crippen LogP contribution in [0.25, 0.3) is 11.1 Å². The summed E-state index contributed by atoms with van der Waals surface area (Å²) in [6.07, 6.45) is 4.73. The van der Waals surface area contributed by atoms with Crippen LogP contribution in [0.5, 0.6) is 5.75 Å². The van der Waals surface area contributed by atoms with Crippen LogP contribution in [0.15, 0.2) is 34.9 Å². The molecule has 4 rings (SSSR count). The number of para-hydroxylation sites is 2. The Morgan fingerprint density at radius 2 is 2.00 bits per heavy atom. The second kappa shape index (κ2) is 7.62. The maximum Gasteiger partial charge on any atom is 0.259 e. The number of carbonyl (C=O) groups is 1. The number of aryl methyl sites for hydroxylation is 1. The summed E-state index contributed by atoms with van der Waals surface area (Å²) in [5, 5.41) is 7.65. The van der Waals surface area contributed by atoms with Crippen molar-refractivity contribution in [2.75, 3.05) is 5.32 Å². The Labute approximate surface area is 164 Å². The van der Waals surface area contributed by atoms with E-state index in [-0.39, 0.29) is 17.9 Å². The second-order valence-corrected chi connectivity index (χ2v) is 7.67. The van der Waals surface area contributed by atoms with E-state index in [9.17, 15) is 4.79 Å². The summed E-state index contributed by atoms with van der Waals surface area (Å²) < 4.78 is 11.5. The predicted molar refractivity (Wildman–Crippen MR) is 108 cm³/mol. The van der Waals surface area contributed by atoms with Gasteiger partial charge in [-0.1, -0.05) is 31.1 Å². The molecule has 1 aromatic carbocycles. The first-order valence-electron chi connectivity index (χ1n) is 9.87. The largest absolute Gasteiger partial charge is 0.488 e. The van der Waals surface area contributed by atoms with Crippen LogP contribution in [0.2, 0.25) is 0 Å². The highest BCUT2D eigenvalue weighted by Crippen LogP contribution is 2.31. The number of fused-ring (bicyclic) bond motifs is 1. The van der Waals surface area contributed by atoms with Gasteiger partial charge in [-0.25, -0.2) is 4.98 Å². The van der Waals surface area contributed by atoms with Crippen molar-refractivity contribution < 1.29 is 14.1 Å². The lowest BCUT2D eigenvalue weighted by atomic mass is 10.0. The SMILES string of the molecule is Cc1noc2nc(C(C)C)cc(C(=O)Nc3ccccc3OC3CCCC3)c12. The zero-order valence-electron chi connectivity index (χ0n) is 16.5. The van der Waals surface area contributed by atoms with Gasteiger partial charge in [0, 0.05) is 5.69 Å². The molecule has 0 spiro atoms.